The number of hydrogen-bond donors (Lipinski definition) is 0. The van der Waals surface area contributed by atoms with Gasteiger partial charge in [-0.05, 0) is 5.92 Å². The monoisotopic (exact) mass is 310 g/mol. The lowest BCUT2D eigenvalue weighted by Crippen LogP contribution is -2.01. The van der Waals surface area contributed by atoms with Gasteiger partial charge >= 0.3 is 0 Å². The van der Waals surface area contributed by atoms with E-state index in [1.807, 2.05) is 0 Å². The van der Waals surface area contributed by atoms with Gasteiger partial charge in [0.15, 0.2) is 0 Å². The van der Waals surface area contributed by atoms with E-state index in [2.05, 4.69) is 20.8 Å². The smallest absolute Gasteiger partial charge is 0.0414 e. The molecule has 0 saturated heterocycles. The fraction of sp³-hybridized carbons (Fsp3) is 1.00. The van der Waals surface area contributed by atoms with Gasteiger partial charge in [0.25, 0.3) is 0 Å². The van der Waals surface area contributed by atoms with Gasteiger partial charge in [0, 0.05) is 0 Å². The third kappa shape index (κ3) is 16.4. The standard InChI is InChI=1S/C22H46/c1-4-7-10-12-13-14-15-16-18-21-22(19-9-6-3)20-17-11-8-5-2/h22H,4-21H2,1-3H3. The summed E-state index contributed by atoms with van der Waals surface area (Å²) < 4.78 is 0. The van der Waals surface area contributed by atoms with Crippen molar-refractivity contribution >= 4 is 0 Å². The van der Waals surface area contributed by atoms with E-state index in [1.54, 1.807) is 0 Å². The molecule has 0 heterocycles. The summed E-state index contributed by atoms with van der Waals surface area (Å²) in [6, 6.07) is 0. The Labute approximate surface area is 142 Å². The third-order valence-corrected chi connectivity index (χ3v) is 5.15. The van der Waals surface area contributed by atoms with Crippen molar-refractivity contribution < 1.29 is 0 Å². The Morgan fingerprint density at radius 1 is 0.364 bits per heavy atom. The molecular weight excluding hydrogens is 264 g/mol. The van der Waals surface area contributed by atoms with Crippen LogP contribution in [0.3, 0.4) is 0 Å². The van der Waals surface area contributed by atoms with Gasteiger partial charge in [-0.25, -0.2) is 0 Å². The van der Waals surface area contributed by atoms with Crippen LogP contribution < -0.4 is 0 Å². The van der Waals surface area contributed by atoms with Crippen molar-refractivity contribution in [1.29, 1.82) is 0 Å². The Morgan fingerprint density at radius 2 is 0.682 bits per heavy atom. The topological polar surface area (TPSA) is 0 Å². The highest BCUT2D eigenvalue weighted by atomic mass is 14.1. The number of hydrogen-bond acceptors (Lipinski definition) is 0. The molecule has 22 heavy (non-hydrogen) atoms. The van der Waals surface area contributed by atoms with E-state index in [9.17, 15) is 0 Å². The van der Waals surface area contributed by atoms with Gasteiger partial charge in [-0.2, -0.15) is 0 Å². The molecule has 0 aromatic carbocycles. The molecule has 0 bridgehead atoms. The molecule has 0 aliphatic carbocycles. The van der Waals surface area contributed by atoms with Crippen molar-refractivity contribution in [2.45, 2.75) is 136 Å². The Kier molecular flexibility index (Phi) is 19.0. The molecule has 0 N–H and O–H groups in total. The zero-order chi connectivity index (χ0) is 16.3. The molecule has 134 valence electrons. The van der Waals surface area contributed by atoms with Gasteiger partial charge in [0.1, 0.15) is 0 Å². The zero-order valence-electron chi connectivity index (χ0n) is 16.3. The minimum atomic E-state index is 1.04. The summed E-state index contributed by atoms with van der Waals surface area (Å²) in [6.07, 6.45) is 26.3. The Hall–Kier alpha value is 0. The molecule has 0 rings (SSSR count). The van der Waals surface area contributed by atoms with Gasteiger partial charge in [-0.1, -0.05) is 136 Å². The molecule has 0 radical (unpaired) electrons. The molecular formula is C22H46. The van der Waals surface area contributed by atoms with E-state index in [1.165, 1.54) is 116 Å². The predicted molar refractivity (Wildman–Crippen MR) is 104 cm³/mol. The lowest BCUT2D eigenvalue weighted by Gasteiger charge is -2.16. The van der Waals surface area contributed by atoms with Gasteiger partial charge in [0.2, 0.25) is 0 Å². The van der Waals surface area contributed by atoms with Crippen LogP contribution in [0.25, 0.3) is 0 Å². The Morgan fingerprint density at radius 3 is 1.14 bits per heavy atom. The second kappa shape index (κ2) is 19.0. The first-order chi connectivity index (χ1) is 10.8. The maximum Gasteiger partial charge on any atom is -0.0414 e. The minimum Gasteiger partial charge on any atom is -0.0654 e. The van der Waals surface area contributed by atoms with E-state index in [0.717, 1.165) is 5.92 Å². The maximum atomic E-state index is 2.34. The van der Waals surface area contributed by atoms with Crippen LogP contribution in [-0.2, 0) is 0 Å². The molecule has 0 amide bonds. The Balaban J connectivity index is 3.48. The summed E-state index contributed by atoms with van der Waals surface area (Å²) in [6.45, 7) is 6.96. The first kappa shape index (κ1) is 22.0. The maximum absolute atomic E-state index is 2.34. The van der Waals surface area contributed by atoms with Crippen LogP contribution in [-0.4, -0.2) is 0 Å². The highest BCUT2D eigenvalue weighted by molar-refractivity contribution is 4.61. The van der Waals surface area contributed by atoms with Crippen molar-refractivity contribution in [3.63, 3.8) is 0 Å². The lowest BCUT2D eigenvalue weighted by atomic mass is 9.90. The van der Waals surface area contributed by atoms with Gasteiger partial charge < -0.3 is 0 Å². The molecule has 0 aliphatic rings. The molecule has 0 aromatic rings. The highest BCUT2D eigenvalue weighted by Crippen LogP contribution is 2.23. The molecule has 0 aromatic heterocycles. The minimum absolute atomic E-state index is 1.04. The normalized spacial score (nSPS) is 12.7. The zero-order valence-corrected chi connectivity index (χ0v) is 16.3. The average molecular weight is 311 g/mol. The fourth-order valence-electron chi connectivity index (χ4n) is 3.53. The van der Waals surface area contributed by atoms with Crippen molar-refractivity contribution in [3.05, 3.63) is 0 Å². The SMILES string of the molecule is CCCCCCCCCCCC(CCCC)CCCCCC. The summed E-state index contributed by atoms with van der Waals surface area (Å²) in [7, 11) is 0. The van der Waals surface area contributed by atoms with E-state index >= 15 is 0 Å². The van der Waals surface area contributed by atoms with E-state index in [-0.39, 0.29) is 0 Å². The van der Waals surface area contributed by atoms with Crippen LogP contribution in [0.15, 0.2) is 0 Å². The van der Waals surface area contributed by atoms with Gasteiger partial charge in [-0.3, -0.25) is 0 Å². The first-order valence-corrected chi connectivity index (χ1v) is 10.8. The van der Waals surface area contributed by atoms with Crippen molar-refractivity contribution in [2.24, 2.45) is 5.92 Å². The van der Waals surface area contributed by atoms with E-state index in [4.69, 9.17) is 0 Å². The summed E-state index contributed by atoms with van der Waals surface area (Å²) in [5, 5.41) is 0. The van der Waals surface area contributed by atoms with E-state index < -0.39 is 0 Å². The molecule has 0 heteroatoms. The molecule has 1 unspecified atom stereocenters. The summed E-state index contributed by atoms with van der Waals surface area (Å²) in [5.41, 5.74) is 0. The summed E-state index contributed by atoms with van der Waals surface area (Å²) in [5.74, 6) is 1.04. The average Bonchev–Trinajstić information content (AvgIpc) is 2.54. The molecule has 0 aliphatic heterocycles. The van der Waals surface area contributed by atoms with Crippen molar-refractivity contribution in [2.75, 3.05) is 0 Å². The second-order valence-electron chi connectivity index (χ2n) is 7.47. The predicted octanol–water partition coefficient (Wildman–Crippen LogP) is 8.68. The Bertz CT molecular complexity index is 184. The van der Waals surface area contributed by atoms with Crippen molar-refractivity contribution in [1.82, 2.24) is 0 Å². The first-order valence-electron chi connectivity index (χ1n) is 10.8. The molecule has 1 atom stereocenters. The van der Waals surface area contributed by atoms with Crippen LogP contribution in [0.4, 0.5) is 0 Å². The second-order valence-corrected chi connectivity index (χ2v) is 7.47. The lowest BCUT2D eigenvalue weighted by molar-refractivity contribution is 0.371. The largest absolute Gasteiger partial charge is 0.0654 e. The van der Waals surface area contributed by atoms with Crippen molar-refractivity contribution in [3.8, 4) is 0 Å². The van der Waals surface area contributed by atoms with Gasteiger partial charge in [0.05, 0.1) is 0 Å². The third-order valence-electron chi connectivity index (χ3n) is 5.15. The van der Waals surface area contributed by atoms with Gasteiger partial charge in [-0.15, -0.1) is 0 Å². The van der Waals surface area contributed by atoms with Crippen LogP contribution in [0, 0.1) is 5.92 Å². The molecule has 0 nitrogen and oxygen atoms in total. The highest BCUT2D eigenvalue weighted by Gasteiger charge is 2.07. The molecule has 0 saturated carbocycles. The van der Waals surface area contributed by atoms with Crippen LogP contribution in [0.5, 0.6) is 0 Å². The number of unbranched alkanes of at least 4 members (excludes halogenated alkanes) is 12. The van der Waals surface area contributed by atoms with E-state index in [0.29, 0.717) is 0 Å². The van der Waals surface area contributed by atoms with Crippen LogP contribution in [0.2, 0.25) is 0 Å². The summed E-state index contributed by atoms with van der Waals surface area (Å²) >= 11 is 0. The van der Waals surface area contributed by atoms with Crippen LogP contribution >= 0.6 is 0 Å². The number of rotatable bonds is 18. The summed E-state index contributed by atoms with van der Waals surface area (Å²) in [4.78, 5) is 0. The quantitative estimate of drug-likeness (QED) is 0.222. The van der Waals surface area contributed by atoms with Crippen LogP contribution in [0.1, 0.15) is 136 Å². The fourth-order valence-corrected chi connectivity index (χ4v) is 3.53. The molecule has 0 fully saturated rings. The molecule has 0 spiro atoms.